The average molecular weight is 1270 g/mol. The number of phenols is 1. The van der Waals surface area contributed by atoms with Crippen molar-refractivity contribution in [3.05, 3.63) is 88.1 Å². The van der Waals surface area contributed by atoms with Crippen molar-refractivity contribution in [2.45, 2.75) is 192 Å². The fraction of sp³-hybridized carbons (Fsp3) is 0.571. The highest BCUT2D eigenvalue weighted by Gasteiger charge is 2.38. The molecular weight excluding hydrogens is 1180 g/mol. The third-order valence-corrected chi connectivity index (χ3v) is 15.9. The molecule has 0 saturated carbocycles. The summed E-state index contributed by atoms with van der Waals surface area (Å²) in [5.74, 6) is -10.2. The maximum atomic E-state index is 15.0. The van der Waals surface area contributed by atoms with Gasteiger partial charge in [0.1, 0.15) is 66.2 Å². The van der Waals surface area contributed by atoms with E-state index in [-0.39, 0.29) is 108 Å². The summed E-state index contributed by atoms with van der Waals surface area (Å²) in [6.07, 6.45) is 0.0878. The predicted octanol–water partition coefficient (Wildman–Crippen LogP) is -0.0363. The van der Waals surface area contributed by atoms with Crippen molar-refractivity contribution >= 4 is 76.3 Å². The summed E-state index contributed by atoms with van der Waals surface area (Å²) < 4.78 is 0. The summed E-state index contributed by atoms with van der Waals surface area (Å²) in [5.41, 5.74) is 24.3. The van der Waals surface area contributed by atoms with Crippen LogP contribution in [0.3, 0.4) is 0 Å². The maximum absolute atomic E-state index is 15.0. The number of thiophene rings is 1. The van der Waals surface area contributed by atoms with Crippen molar-refractivity contribution in [1.29, 1.82) is 0 Å². The molecule has 27 heteroatoms. The van der Waals surface area contributed by atoms with Gasteiger partial charge in [0.2, 0.25) is 65.0 Å². The lowest BCUT2D eigenvalue weighted by Crippen LogP contribution is -2.62. The molecule has 496 valence electrons. The van der Waals surface area contributed by atoms with Crippen LogP contribution in [-0.2, 0) is 72.0 Å². The molecule has 0 spiro atoms. The van der Waals surface area contributed by atoms with Gasteiger partial charge in [-0.2, -0.15) is 0 Å². The Morgan fingerprint density at radius 2 is 0.789 bits per heavy atom. The molecule has 1 aliphatic heterocycles. The molecule has 0 unspecified atom stereocenters. The maximum Gasteiger partial charge on any atom is 0.243 e. The highest BCUT2D eigenvalue weighted by atomic mass is 32.1. The van der Waals surface area contributed by atoms with Crippen LogP contribution in [0.1, 0.15) is 128 Å². The molecule has 26 nitrogen and oxygen atoms in total. The summed E-state index contributed by atoms with van der Waals surface area (Å²) in [6, 6.07) is 4.35. The van der Waals surface area contributed by atoms with Gasteiger partial charge < -0.3 is 81.2 Å². The van der Waals surface area contributed by atoms with Gasteiger partial charge in [0, 0.05) is 30.6 Å². The fourth-order valence-corrected chi connectivity index (χ4v) is 10.9. The lowest BCUT2D eigenvalue weighted by Gasteiger charge is -2.30. The van der Waals surface area contributed by atoms with Crippen molar-refractivity contribution < 1.29 is 57.8 Å². The number of carbonyl (C=O) groups excluding carboxylic acids is 11. The molecule has 2 heterocycles. The summed E-state index contributed by atoms with van der Waals surface area (Å²) in [7, 11) is 0. The van der Waals surface area contributed by atoms with E-state index in [2.05, 4.69) is 53.2 Å². The molecule has 1 fully saturated rings. The number of nitrogens with one attached hydrogen (secondary N) is 10. The quantitative estimate of drug-likeness (QED) is 0.0524. The molecule has 3 aromatic rings. The Labute approximate surface area is 531 Å². The van der Waals surface area contributed by atoms with Crippen LogP contribution in [0.4, 0.5) is 0 Å². The van der Waals surface area contributed by atoms with Crippen LogP contribution in [0.5, 0.6) is 5.75 Å². The van der Waals surface area contributed by atoms with E-state index >= 15 is 0 Å². The van der Waals surface area contributed by atoms with E-state index in [0.717, 1.165) is 0 Å². The molecule has 11 amide bonds. The first-order valence-corrected chi connectivity index (χ1v) is 32.0. The monoisotopic (exact) mass is 1270 g/mol. The van der Waals surface area contributed by atoms with Gasteiger partial charge in [0.25, 0.3) is 0 Å². The number of rotatable bonds is 24. The number of hydrogen-bond acceptors (Lipinski definition) is 16. The average Bonchev–Trinajstić information content (AvgIpc) is 1.66. The molecule has 10 atom stereocenters. The van der Waals surface area contributed by atoms with Crippen LogP contribution >= 0.6 is 11.3 Å². The van der Waals surface area contributed by atoms with Gasteiger partial charge in [0.15, 0.2) is 0 Å². The Balaban J connectivity index is 1.93. The Hall–Kier alpha value is -8.01. The number of unbranched alkanes of at least 4 members (excludes halogenated alkanes) is 1. The van der Waals surface area contributed by atoms with Crippen molar-refractivity contribution in [3.8, 4) is 5.75 Å². The van der Waals surface area contributed by atoms with Gasteiger partial charge in [-0.1, -0.05) is 90.1 Å². The van der Waals surface area contributed by atoms with E-state index < -0.39 is 138 Å². The van der Waals surface area contributed by atoms with Crippen molar-refractivity contribution in [3.63, 3.8) is 0 Å². The second-order valence-electron chi connectivity index (χ2n) is 24.0. The van der Waals surface area contributed by atoms with Crippen molar-refractivity contribution in [1.82, 2.24) is 53.2 Å². The lowest BCUT2D eigenvalue weighted by molar-refractivity contribution is -0.137. The normalized spacial score (nSPS) is 23.7. The largest absolute Gasteiger partial charge is 0.508 e. The van der Waals surface area contributed by atoms with Crippen LogP contribution in [0.15, 0.2) is 72.1 Å². The molecular formula is C63H96N14O12S. The number of phenolic OH excluding ortho intramolecular Hbond substituents is 1. The van der Waals surface area contributed by atoms with E-state index in [9.17, 15) is 57.8 Å². The SMILES string of the molecule is CC(C)C[C@@H]1NC(=O)[C@H](CCCN)NC(=O)[C@H](Cc2ccc(O)cc2)NC(=O)[C@H](Cc2cccs2)NC(=O)[C@@H](Cc2ccccc2)NC(=O)[C@H](CC(C)C)NC(=O)[C@H](CCCN)NC(=O)[C@H](C(C)C)NC(=O)[C@@H](CCCCN)NC(=O)[C@H](CCC(N)=O)NC1=O. The number of aromatic hydroxyl groups is 1. The number of amides is 11. The Bertz CT molecular complexity index is 2830. The summed E-state index contributed by atoms with van der Waals surface area (Å²) in [5, 5.41) is 39.5. The van der Waals surface area contributed by atoms with Gasteiger partial charge in [-0.25, -0.2) is 0 Å². The van der Waals surface area contributed by atoms with Crippen LogP contribution in [-0.4, -0.2) is 150 Å². The second-order valence-corrected chi connectivity index (χ2v) is 25.1. The van der Waals surface area contributed by atoms with Gasteiger partial charge in [-0.15, -0.1) is 11.3 Å². The fourth-order valence-electron chi connectivity index (χ4n) is 10.1. The Morgan fingerprint density at radius 3 is 1.20 bits per heavy atom. The highest BCUT2D eigenvalue weighted by Crippen LogP contribution is 2.18. The highest BCUT2D eigenvalue weighted by molar-refractivity contribution is 7.09. The van der Waals surface area contributed by atoms with Crippen LogP contribution in [0.2, 0.25) is 0 Å². The molecule has 0 bridgehead atoms. The van der Waals surface area contributed by atoms with E-state index in [4.69, 9.17) is 22.9 Å². The van der Waals surface area contributed by atoms with Gasteiger partial charge in [-0.05, 0) is 136 Å². The number of nitrogens with two attached hydrogens (primary N) is 4. The summed E-state index contributed by atoms with van der Waals surface area (Å²) in [6.45, 7) is 10.9. The third-order valence-electron chi connectivity index (χ3n) is 15.0. The van der Waals surface area contributed by atoms with Crippen molar-refractivity contribution in [2.24, 2.45) is 40.7 Å². The third kappa shape index (κ3) is 25.8. The van der Waals surface area contributed by atoms with Crippen LogP contribution < -0.4 is 76.1 Å². The molecule has 2 aromatic carbocycles. The second kappa shape index (κ2) is 38.5. The minimum atomic E-state index is -1.52. The minimum Gasteiger partial charge on any atom is -0.508 e. The first-order chi connectivity index (χ1) is 42.8. The van der Waals surface area contributed by atoms with E-state index in [1.165, 1.54) is 35.6 Å². The van der Waals surface area contributed by atoms with Crippen LogP contribution in [0.25, 0.3) is 0 Å². The molecule has 1 saturated heterocycles. The van der Waals surface area contributed by atoms with E-state index in [1.807, 2.05) is 13.8 Å². The van der Waals surface area contributed by atoms with Gasteiger partial charge >= 0.3 is 0 Å². The zero-order valence-electron chi connectivity index (χ0n) is 52.6. The van der Waals surface area contributed by atoms with E-state index in [0.29, 0.717) is 28.8 Å². The standard InChI is InChI=1S/C63H96N14O12S/c1-36(2)31-47-58(84)70-46(25-26-52(67)79)56(82)68-43(18-10-11-27-64)57(83)77-53(38(5)6)63(89)71-45(20-13-29-66)55(81)73-48(32-37(3)4)59(85)74-49(33-39-15-8-7-9-16-39)61(87)76-51(35-42-17-14-30-90-42)62(88)75-50(34-40-21-23-41(78)24-22-40)60(86)69-44(19-12-28-65)54(80)72-47/h7-9,14-17,21-24,30,36-38,43-51,53,78H,10-13,18-20,25-29,31-35,64-66H2,1-6H3,(H2,67,79)(H,68,82)(H,69,86)(H,70,84)(H,71,89)(H,72,80)(H,73,81)(H,74,85)(H,75,88)(H,76,87)(H,77,83)/t43-,44+,45+,46+,47+,48+,49-,50+,51+,53+/m1/s1. The Kier molecular flexibility index (Phi) is 31.9. The number of carbonyl (C=O) groups is 11. The van der Waals surface area contributed by atoms with Crippen LogP contribution in [0, 0.1) is 17.8 Å². The van der Waals surface area contributed by atoms with Gasteiger partial charge in [0.05, 0.1) is 0 Å². The molecule has 1 aliphatic rings. The Morgan fingerprint density at radius 1 is 0.422 bits per heavy atom. The van der Waals surface area contributed by atoms with E-state index in [1.54, 1.807) is 75.5 Å². The first-order valence-electron chi connectivity index (χ1n) is 31.1. The van der Waals surface area contributed by atoms with Crippen molar-refractivity contribution in [2.75, 3.05) is 19.6 Å². The predicted molar refractivity (Wildman–Crippen MR) is 341 cm³/mol. The number of primary amides is 1. The number of benzene rings is 2. The summed E-state index contributed by atoms with van der Waals surface area (Å²) >= 11 is 1.30. The zero-order valence-corrected chi connectivity index (χ0v) is 53.4. The molecule has 1 aromatic heterocycles. The zero-order chi connectivity index (χ0) is 66.5. The topological polar surface area (TPSA) is 432 Å². The summed E-state index contributed by atoms with van der Waals surface area (Å²) in [4.78, 5) is 159. The molecule has 90 heavy (non-hydrogen) atoms. The smallest absolute Gasteiger partial charge is 0.243 e. The molecule has 19 N–H and O–H groups in total. The van der Waals surface area contributed by atoms with Gasteiger partial charge in [-0.3, -0.25) is 52.7 Å². The molecule has 4 rings (SSSR count). The molecule has 0 radical (unpaired) electrons. The number of hydrogen-bond donors (Lipinski definition) is 15. The first kappa shape index (κ1) is 74.5. The minimum absolute atomic E-state index is 0.000203. The lowest BCUT2D eigenvalue weighted by atomic mass is 9.99. The molecule has 0 aliphatic carbocycles.